The molecule has 4 heteroatoms. The number of carbonyl (C=O) groups is 1. The normalized spacial score (nSPS) is 19.4. The highest BCUT2D eigenvalue weighted by molar-refractivity contribution is 5.94. The fourth-order valence-electron chi connectivity index (χ4n) is 2.20. The van der Waals surface area contributed by atoms with Crippen LogP contribution in [0.25, 0.3) is 0 Å². The van der Waals surface area contributed by atoms with Crippen LogP contribution in [-0.2, 0) is 0 Å². The molecule has 0 saturated heterocycles. The van der Waals surface area contributed by atoms with Crippen LogP contribution in [0.15, 0.2) is 24.3 Å². The maximum absolute atomic E-state index is 12.0. The molecule has 1 unspecified atom stereocenters. The fraction of sp³-hybridized carbons (Fsp3) is 0.562. The molecule has 2 aliphatic rings. The number of hydrogen-bond acceptors (Lipinski definition) is 3. The van der Waals surface area contributed by atoms with E-state index >= 15 is 0 Å². The van der Waals surface area contributed by atoms with Crippen LogP contribution in [-0.4, -0.2) is 25.1 Å². The molecule has 1 aromatic carbocycles. The zero-order chi connectivity index (χ0) is 13.9. The van der Waals surface area contributed by atoms with E-state index in [0.29, 0.717) is 18.0 Å². The lowest BCUT2D eigenvalue weighted by Gasteiger charge is -2.12. The van der Waals surface area contributed by atoms with E-state index in [1.54, 1.807) is 12.1 Å². The summed E-state index contributed by atoms with van der Waals surface area (Å²) in [6, 6.07) is 7.43. The third-order valence-corrected chi connectivity index (χ3v) is 4.02. The summed E-state index contributed by atoms with van der Waals surface area (Å²) < 4.78 is 5.65. The Bertz CT molecular complexity index is 464. The molecule has 0 aliphatic heterocycles. The summed E-state index contributed by atoms with van der Waals surface area (Å²) in [4.78, 5) is 12.0. The summed E-state index contributed by atoms with van der Waals surface area (Å²) in [7, 11) is 0. The van der Waals surface area contributed by atoms with Gasteiger partial charge >= 0.3 is 0 Å². The lowest BCUT2D eigenvalue weighted by Crippen LogP contribution is -2.38. The van der Waals surface area contributed by atoms with Gasteiger partial charge in [-0.25, -0.2) is 0 Å². The first-order valence-electron chi connectivity index (χ1n) is 7.49. The molecule has 108 valence electrons. The van der Waals surface area contributed by atoms with E-state index in [9.17, 15) is 4.79 Å². The van der Waals surface area contributed by atoms with E-state index in [1.807, 2.05) is 12.1 Å². The Balaban J connectivity index is 1.46. The summed E-state index contributed by atoms with van der Waals surface area (Å²) in [5.41, 5.74) is 6.63. The SMILES string of the molecule is NC(CNC(=O)c1ccc(OCC2CC2)cc1)C1CC1. The number of hydrogen-bond donors (Lipinski definition) is 2. The maximum Gasteiger partial charge on any atom is 0.251 e. The Labute approximate surface area is 119 Å². The molecule has 0 bridgehead atoms. The molecular formula is C16H22N2O2. The number of rotatable bonds is 7. The van der Waals surface area contributed by atoms with Crippen molar-refractivity contribution in [1.82, 2.24) is 5.32 Å². The number of nitrogens with two attached hydrogens (primary N) is 1. The van der Waals surface area contributed by atoms with Crippen LogP contribution in [0.4, 0.5) is 0 Å². The Kier molecular flexibility index (Phi) is 3.92. The lowest BCUT2D eigenvalue weighted by atomic mass is 10.1. The Morgan fingerprint density at radius 1 is 1.25 bits per heavy atom. The predicted molar refractivity (Wildman–Crippen MR) is 77.7 cm³/mol. The first kappa shape index (κ1) is 13.4. The van der Waals surface area contributed by atoms with Gasteiger partial charge in [-0.05, 0) is 61.8 Å². The van der Waals surface area contributed by atoms with E-state index in [-0.39, 0.29) is 11.9 Å². The molecule has 3 N–H and O–H groups in total. The van der Waals surface area contributed by atoms with Gasteiger partial charge in [-0.3, -0.25) is 4.79 Å². The van der Waals surface area contributed by atoms with Crippen LogP contribution in [0.1, 0.15) is 36.0 Å². The van der Waals surface area contributed by atoms with Crippen LogP contribution in [0.3, 0.4) is 0 Å². The first-order chi connectivity index (χ1) is 9.72. The van der Waals surface area contributed by atoms with Gasteiger partial charge in [-0.1, -0.05) is 0 Å². The number of nitrogens with one attached hydrogen (secondary N) is 1. The van der Waals surface area contributed by atoms with Gasteiger partial charge in [0.25, 0.3) is 5.91 Å². The zero-order valence-electron chi connectivity index (χ0n) is 11.7. The molecule has 2 saturated carbocycles. The Morgan fingerprint density at radius 3 is 2.55 bits per heavy atom. The second kappa shape index (κ2) is 5.83. The van der Waals surface area contributed by atoms with Gasteiger partial charge in [0.2, 0.25) is 0 Å². The average molecular weight is 274 g/mol. The summed E-state index contributed by atoms with van der Waals surface area (Å²) in [6.45, 7) is 1.35. The van der Waals surface area contributed by atoms with Crippen molar-refractivity contribution in [3.8, 4) is 5.75 Å². The van der Waals surface area contributed by atoms with Crippen molar-refractivity contribution in [2.45, 2.75) is 31.7 Å². The van der Waals surface area contributed by atoms with Crippen LogP contribution in [0, 0.1) is 11.8 Å². The smallest absolute Gasteiger partial charge is 0.251 e. The summed E-state index contributed by atoms with van der Waals surface area (Å²) in [5, 5.41) is 2.89. The highest BCUT2D eigenvalue weighted by Gasteiger charge is 2.28. The fourth-order valence-corrected chi connectivity index (χ4v) is 2.20. The molecule has 3 rings (SSSR count). The van der Waals surface area contributed by atoms with Crippen LogP contribution >= 0.6 is 0 Å². The molecule has 0 heterocycles. The highest BCUT2D eigenvalue weighted by Crippen LogP contribution is 2.31. The molecule has 20 heavy (non-hydrogen) atoms. The molecule has 1 atom stereocenters. The third-order valence-electron chi connectivity index (χ3n) is 4.02. The average Bonchev–Trinajstić information content (AvgIpc) is 3.35. The number of amides is 1. The van der Waals surface area contributed by atoms with Gasteiger partial charge in [0.15, 0.2) is 0 Å². The second-order valence-corrected chi connectivity index (χ2v) is 5.99. The van der Waals surface area contributed by atoms with Crippen molar-refractivity contribution in [3.05, 3.63) is 29.8 Å². The minimum atomic E-state index is -0.0603. The van der Waals surface area contributed by atoms with Gasteiger partial charge in [0.05, 0.1) is 6.61 Å². The maximum atomic E-state index is 12.0. The molecule has 2 aliphatic carbocycles. The molecule has 1 aromatic rings. The van der Waals surface area contributed by atoms with Crippen molar-refractivity contribution in [3.63, 3.8) is 0 Å². The third kappa shape index (κ3) is 3.73. The monoisotopic (exact) mass is 274 g/mol. The van der Waals surface area contributed by atoms with Crippen molar-refractivity contribution in [2.75, 3.05) is 13.2 Å². The van der Waals surface area contributed by atoms with Gasteiger partial charge in [0.1, 0.15) is 5.75 Å². The van der Waals surface area contributed by atoms with Gasteiger partial charge in [-0.15, -0.1) is 0 Å². The number of benzene rings is 1. The molecule has 0 radical (unpaired) electrons. The Morgan fingerprint density at radius 2 is 1.95 bits per heavy atom. The van der Waals surface area contributed by atoms with Crippen LogP contribution in [0.5, 0.6) is 5.75 Å². The van der Waals surface area contributed by atoms with Gasteiger partial charge < -0.3 is 15.8 Å². The highest BCUT2D eigenvalue weighted by atomic mass is 16.5. The van der Waals surface area contributed by atoms with Crippen molar-refractivity contribution in [1.29, 1.82) is 0 Å². The van der Waals surface area contributed by atoms with Crippen molar-refractivity contribution >= 4 is 5.91 Å². The molecule has 2 fully saturated rings. The summed E-state index contributed by atoms with van der Waals surface area (Å²) >= 11 is 0. The van der Waals surface area contributed by atoms with E-state index in [1.165, 1.54) is 25.7 Å². The second-order valence-electron chi connectivity index (χ2n) is 5.99. The lowest BCUT2D eigenvalue weighted by molar-refractivity contribution is 0.0950. The molecule has 0 spiro atoms. The summed E-state index contributed by atoms with van der Waals surface area (Å²) in [6.07, 6.45) is 4.96. The van der Waals surface area contributed by atoms with Gasteiger partial charge in [0, 0.05) is 18.2 Å². The molecule has 0 aromatic heterocycles. The number of carbonyl (C=O) groups excluding carboxylic acids is 1. The van der Waals surface area contributed by atoms with Crippen LogP contribution < -0.4 is 15.8 Å². The Hall–Kier alpha value is -1.55. The minimum Gasteiger partial charge on any atom is -0.493 e. The van der Waals surface area contributed by atoms with Gasteiger partial charge in [-0.2, -0.15) is 0 Å². The van der Waals surface area contributed by atoms with E-state index in [4.69, 9.17) is 10.5 Å². The molecule has 4 nitrogen and oxygen atoms in total. The minimum absolute atomic E-state index is 0.0603. The molecule has 1 amide bonds. The van der Waals surface area contributed by atoms with E-state index in [0.717, 1.165) is 18.3 Å². The van der Waals surface area contributed by atoms with E-state index < -0.39 is 0 Å². The predicted octanol–water partition coefficient (Wildman–Crippen LogP) is 1.94. The standard InChI is InChI=1S/C16H22N2O2/c17-15(12-3-4-12)9-18-16(19)13-5-7-14(8-6-13)20-10-11-1-2-11/h5-8,11-12,15H,1-4,9-10,17H2,(H,18,19). The quantitative estimate of drug-likeness (QED) is 0.798. The summed E-state index contributed by atoms with van der Waals surface area (Å²) in [5.74, 6) is 2.12. The van der Waals surface area contributed by atoms with Crippen molar-refractivity contribution < 1.29 is 9.53 Å². The van der Waals surface area contributed by atoms with Crippen LogP contribution in [0.2, 0.25) is 0 Å². The van der Waals surface area contributed by atoms with Crippen molar-refractivity contribution in [2.24, 2.45) is 17.6 Å². The largest absolute Gasteiger partial charge is 0.493 e. The first-order valence-corrected chi connectivity index (χ1v) is 7.49. The van der Waals surface area contributed by atoms with E-state index in [2.05, 4.69) is 5.32 Å². The molecular weight excluding hydrogens is 252 g/mol. The zero-order valence-corrected chi connectivity index (χ0v) is 11.7. The number of ether oxygens (including phenoxy) is 1. The topological polar surface area (TPSA) is 64.3 Å².